The number of benzene rings is 2. The van der Waals surface area contributed by atoms with E-state index < -0.39 is 5.63 Å². The van der Waals surface area contributed by atoms with E-state index in [2.05, 4.69) is 4.90 Å². The van der Waals surface area contributed by atoms with Gasteiger partial charge in [-0.15, -0.1) is 0 Å². The van der Waals surface area contributed by atoms with Gasteiger partial charge in [-0.05, 0) is 37.1 Å². The summed E-state index contributed by atoms with van der Waals surface area (Å²) in [4.78, 5) is 15.0. The summed E-state index contributed by atoms with van der Waals surface area (Å²) in [6.07, 6.45) is 2.38. The molecular weight excluding hydrogens is 334 g/mol. The van der Waals surface area contributed by atoms with Gasteiger partial charge >= 0.3 is 5.63 Å². The molecule has 0 amide bonds. The van der Waals surface area contributed by atoms with Crippen molar-refractivity contribution in [3.05, 3.63) is 46.3 Å². The highest BCUT2D eigenvalue weighted by atomic mass is 16.5. The number of rotatable bonds is 1. The van der Waals surface area contributed by atoms with Crippen LogP contribution in [0.5, 0.6) is 11.5 Å². The monoisotopic (exact) mass is 349 g/mol. The third kappa shape index (κ3) is 1.87. The first kappa shape index (κ1) is 14.2. The van der Waals surface area contributed by atoms with Gasteiger partial charge in [0.15, 0.2) is 5.58 Å². The first-order chi connectivity index (χ1) is 12.7. The van der Waals surface area contributed by atoms with E-state index in [0.717, 1.165) is 23.2 Å². The zero-order valence-corrected chi connectivity index (χ0v) is 13.8. The number of hydrogen-bond acceptors (Lipinski definition) is 6. The molecule has 2 aliphatic rings. The SMILES string of the molecule is O=c1oc2cc(O)ccc2c2oc3ccc4c(c3c12)CN(C1CC1)CO4. The number of phenolic OH excluding ortho intramolecular Hbond substituents is 1. The molecule has 6 rings (SSSR count). The molecule has 1 saturated carbocycles. The minimum absolute atomic E-state index is 0.0435. The number of furan rings is 1. The highest BCUT2D eigenvalue weighted by Gasteiger charge is 2.33. The normalized spacial score (nSPS) is 17.7. The van der Waals surface area contributed by atoms with E-state index in [4.69, 9.17) is 13.6 Å². The molecule has 2 aromatic carbocycles. The molecule has 130 valence electrons. The summed E-state index contributed by atoms with van der Waals surface area (Å²) in [5.41, 5.74) is 1.96. The summed E-state index contributed by atoms with van der Waals surface area (Å²) in [6.45, 7) is 1.31. The fourth-order valence-electron chi connectivity index (χ4n) is 3.93. The van der Waals surface area contributed by atoms with E-state index >= 15 is 0 Å². The molecule has 0 radical (unpaired) electrons. The van der Waals surface area contributed by atoms with Gasteiger partial charge in [-0.2, -0.15) is 0 Å². The van der Waals surface area contributed by atoms with Crippen LogP contribution in [-0.2, 0) is 6.54 Å². The summed E-state index contributed by atoms with van der Waals surface area (Å²) in [6, 6.07) is 9.00. The Bertz CT molecular complexity index is 1260. The third-order valence-electron chi connectivity index (χ3n) is 5.35. The number of fused-ring (bicyclic) bond motifs is 7. The second-order valence-corrected chi connectivity index (χ2v) is 7.04. The van der Waals surface area contributed by atoms with E-state index in [1.807, 2.05) is 12.1 Å². The van der Waals surface area contributed by atoms with Gasteiger partial charge in [0.2, 0.25) is 0 Å². The number of ether oxygens (including phenoxy) is 1. The maximum absolute atomic E-state index is 12.7. The fourth-order valence-corrected chi connectivity index (χ4v) is 3.93. The van der Waals surface area contributed by atoms with Crippen LogP contribution < -0.4 is 10.4 Å². The maximum Gasteiger partial charge on any atom is 0.348 e. The van der Waals surface area contributed by atoms with Crippen molar-refractivity contribution in [1.82, 2.24) is 4.90 Å². The van der Waals surface area contributed by atoms with Crippen LogP contribution in [0, 0.1) is 0 Å². The molecule has 2 aromatic heterocycles. The lowest BCUT2D eigenvalue weighted by Gasteiger charge is -2.29. The molecule has 1 N–H and O–H groups in total. The lowest BCUT2D eigenvalue weighted by molar-refractivity contribution is 0.0892. The van der Waals surface area contributed by atoms with Crippen LogP contribution >= 0.6 is 0 Å². The van der Waals surface area contributed by atoms with Gasteiger partial charge in [-0.1, -0.05) is 0 Å². The van der Waals surface area contributed by atoms with Crippen LogP contribution in [0.3, 0.4) is 0 Å². The Labute approximate surface area is 147 Å². The van der Waals surface area contributed by atoms with Gasteiger partial charge < -0.3 is 18.7 Å². The summed E-state index contributed by atoms with van der Waals surface area (Å²) in [5.74, 6) is 0.837. The van der Waals surface area contributed by atoms with Gasteiger partial charge in [-0.3, -0.25) is 4.90 Å². The van der Waals surface area contributed by atoms with Crippen molar-refractivity contribution in [2.24, 2.45) is 0 Å². The summed E-state index contributed by atoms with van der Waals surface area (Å²) >= 11 is 0. The van der Waals surface area contributed by atoms with Gasteiger partial charge in [0.05, 0.1) is 5.39 Å². The molecule has 1 fully saturated rings. The molecular formula is C20H15NO5. The number of nitrogens with zero attached hydrogens (tertiary/aromatic N) is 1. The standard InChI is InChI=1S/C20H15NO5/c22-11-3-4-12-16(7-11)26-20(23)18-17-13-8-21(10-1-2-10)9-24-14(13)5-6-15(17)25-19(12)18/h3-7,10,22H,1-2,8-9H2. The van der Waals surface area contributed by atoms with Crippen LogP contribution in [0.2, 0.25) is 0 Å². The molecule has 0 bridgehead atoms. The Morgan fingerprint density at radius 2 is 1.92 bits per heavy atom. The molecule has 0 unspecified atom stereocenters. The van der Waals surface area contributed by atoms with Crippen molar-refractivity contribution in [1.29, 1.82) is 0 Å². The summed E-state index contributed by atoms with van der Waals surface area (Å²) in [7, 11) is 0. The van der Waals surface area contributed by atoms with Gasteiger partial charge in [0.1, 0.15) is 34.8 Å². The lowest BCUT2D eigenvalue weighted by atomic mass is 10.0. The number of aromatic hydroxyl groups is 1. The molecule has 1 aliphatic carbocycles. The summed E-state index contributed by atoms with van der Waals surface area (Å²) < 4.78 is 17.4. The Kier molecular flexibility index (Phi) is 2.62. The molecule has 3 heterocycles. The molecule has 1 aliphatic heterocycles. The molecule has 26 heavy (non-hydrogen) atoms. The third-order valence-corrected chi connectivity index (χ3v) is 5.35. The Morgan fingerprint density at radius 1 is 1.04 bits per heavy atom. The molecule has 6 heteroatoms. The smallest absolute Gasteiger partial charge is 0.348 e. The van der Waals surface area contributed by atoms with Crippen molar-refractivity contribution in [3.63, 3.8) is 0 Å². The Morgan fingerprint density at radius 3 is 2.77 bits per heavy atom. The highest BCUT2D eigenvalue weighted by Crippen LogP contribution is 2.41. The number of hydrogen-bond donors (Lipinski definition) is 1. The van der Waals surface area contributed by atoms with Crippen molar-refractivity contribution in [3.8, 4) is 11.5 Å². The van der Waals surface area contributed by atoms with Crippen LogP contribution in [0.1, 0.15) is 18.4 Å². The zero-order valence-electron chi connectivity index (χ0n) is 13.8. The van der Waals surface area contributed by atoms with E-state index in [-0.39, 0.29) is 5.75 Å². The van der Waals surface area contributed by atoms with Gasteiger partial charge in [0.25, 0.3) is 0 Å². The van der Waals surface area contributed by atoms with E-state index in [1.165, 1.54) is 18.9 Å². The molecule has 0 atom stereocenters. The van der Waals surface area contributed by atoms with Crippen LogP contribution in [0.25, 0.3) is 32.9 Å². The largest absolute Gasteiger partial charge is 0.508 e. The summed E-state index contributed by atoms with van der Waals surface area (Å²) in [5, 5.41) is 11.5. The van der Waals surface area contributed by atoms with Crippen molar-refractivity contribution in [2.75, 3.05) is 6.73 Å². The maximum atomic E-state index is 12.7. The molecule has 6 nitrogen and oxygen atoms in total. The molecule has 0 saturated heterocycles. The molecule has 0 spiro atoms. The van der Waals surface area contributed by atoms with E-state index in [0.29, 0.717) is 40.3 Å². The Balaban J connectivity index is 1.71. The Hall–Kier alpha value is -2.99. The fraction of sp³-hybridized carbons (Fsp3) is 0.250. The van der Waals surface area contributed by atoms with Gasteiger partial charge in [-0.25, -0.2) is 4.79 Å². The lowest BCUT2D eigenvalue weighted by Crippen LogP contribution is -2.33. The minimum Gasteiger partial charge on any atom is -0.508 e. The van der Waals surface area contributed by atoms with Gasteiger partial charge in [0, 0.05) is 29.6 Å². The average Bonchev–Trinajstić information content (AvgIpc) is 3.40. The van der Waals surface area contributed by atoms with Crippen molar-refractivity contribution in [2.45, 2.75) is 25.4 Å². The molecule has 4 aromatic rings. The quantitative estimate of drug-likeness (QED) is 0.528. The van der Waals surface area contributed by atoms with Crippen LogP contribution in [0.15, 0.2) is 44.0 Å². The predicted octanol–water partition coefficient (Wildman–Crippen LogP) is 3.71. The topological polar surface area (TPSA) is 76.0 Å². The van der Waals surface area contributed by atoms with E-state index in [1.54, 1.807) is 12.1 Å². The van der Waals surface area contributed by atoms with E-state index in [9.17, 15) is 9.90 Å². The average molecular weight is 349 g/mol. The second-order valence-electron chi connectivity index (χ2n) is 7.04. The highest BCUT2D eigenvalue weighted by molar-refractivity contribution is 6.14. The number of phenols is 1. The zero-order chi connectivity index (χ0) is 17.4. The second kappa shape index (κ2) is 4.80. The van der Waals surface area contributed by atoms with Crippen molar-refractivity contribution < 1.29 is 18.7 Å². The van der Waals surface area contributed by atoms with Crippen LogP contribution in [-0.4, -0.2) is 22.8 Å². The van der Waals surface area contributed by atoms with Crippen molar-refractivity contribution >= 4 is 32.9 Å². The first-order valence-electron chi connectivity index (χ1n) is 8.70. The predicted molar refractivity (Wildman–Crippen MR) is 95.5 cm³/mol. The minimum atomic E-state index is -0.464. The first-order valence-corrected chi connectivity index (χ1v) is 8.70. The van der Waals surface area contributed by atoms with Crippen LogP contribution in [0.4, 0.5) is 0 Å².